The lowest BCUT2D eigenvalue weighted by Crippen LogP contribution is -2.25. The molecule has 0 fully saturated rings. The molecule has 136 valence electrons. The Morgan fingerprint density at radius 3 is 2.19 bits per heavy atom. The molecule has 0 atom stereocenters. The Labute approximate surface area is 150 Å². The van der Waals surface area contributed by atoms with E-state index in [0.29, 0.717) is 12.1 Å². The van der Waals surface area contributed by atoms with Crippen molar-refractivity contribution in [1.29, 1.82) is 0 Å². The second-order valence-electron chi connectivity index (χ2n) is 5.58. The van der Waals surface area contributed by atoms with E-state index in [1.165, 1.54) is 0 Å². The molecule has 2 amide bonds. The number of carbonyl (C=O) groups is 3. The third kappa shape index (κ3) is 5.37. The molecule has 0 saturated heterocycles. The standard InChI is InChI=1S/C18H20N4O4/c1-2-3-8-19-16(23)13-6-4-12(5-7-13)9-22-17(24)14-10-21-15(11-20-14)18(25)26/h4-7,10-11H,2-3,8-9H2,1H3,(H,19,23)(H,22,24)(H,25,26). The number of aromatic carboxylic acids is 1. The number of hydrogen-bond acceptors (Lipinski definition) is 5. The zero-order valence-electron chi connectivity index (χ0n) is 14.4. The normalized spacial score (nSPS) is 10.2. The van der Waals surface area contributed by atoms with Crippen molar-refractivity contribution in [3.8, 4) is 0 Å². The number of aromatic nitrogens is 2. The molecule has 0 unspecified atom stereocenters. The number of carbonyl (C=O) groups excluding carboxylic acids is 2. The van der Waals surface area contributed by atoms with Gasteiger partial charge >= 0.3 is 5.97 Å². The van der Waals surface area contributed by atoms with Gasteiger partial charge in [0.2, 0.25) is 0 Å². The molecule has 2 aromatic rings. The molecule has 0 aliphatic carbocycles. The van der Waals surface area contributed by atoms with Crippen LogP contribution in [0.4, 0.5) is 0 Å². The topological polar surface area (TPSA) is 121 Å². The average molecular weight is 356 g/mol. The van der Waals surface area contributed by atoms with E-state index in [1.54, 1.807) is 24.3 Å². The van der Waals surface area contributed by atoms with Gasteiger partial charge in [0.25, 0.3) is 11.8 Å². The lowest BCUT2D eigenvalue weighted by molar-refractivity contribution is 0.0688. The predicted molar refractivity (Wildman–Crippen MR) is 93.8 cm³/mol. The van der Waals surface area contributed by atoms with Gasteiger partial charge in [-0.3, -0.25) is 9.59 Å². The Morgan fingerprint density at radius 1 is 0.962 bits per heavy atom. The Bertz CT molecular complexity index is 773. The molecule has 0 bridgehead atoms. The van der Waals surface area contributed by atoms with Crippen LogP contribution in [0.1, 0.15) is 56.7 Å². The fourth-order valence-corrected chi connectivity index (χ4v) is 2.08. The quantitative estimate of drug-likeness (QED) is 0.618. The van der Waals surface area contributed by atoms with Crippen LogP contribution in [-0.2, 0) is 6.54 Å². The van der Waals surface area contributed by atoms with Crippen LogP contribution in [0.15, 0.2) is 36.7 Å². The van der Waals surface area contributed by atoms with Crippen molar-refractivity contribution in [2.75, 3.05) is 6.54 Å². The molecule has 2 rings (SSSR count). The maximum absolute atomic E-state index is 12.0. The van der Waals surface area contributed by atoms with Gasteiger partial charge in [-0.25, -0.2) is 14.8 Å². The average Bonchev–Trinajstić information content (AvgIpc) is 2.66. The molecular weight excluding hydrogens is 336 g/mol. The van der Waals surface area contributed by atoms with Crippen molar-refractivity contribution in [2.24, 2.45) is 0 Å². The first-order valence-corrected chi connectivity index (χ1v) is 8.22. The Hall–Kier alpha value is -3.29. The number of carboxylic acid groups (broad SMARTS) is 1. The van der Waals surface area contributed by atoms with E-state index in [4.69, 9.17) is 5.11 Å². The number of nitrogens with one attached hydrogen (secondary N) is 2. The van der Waals surface area contributed by atoms with Crippen molar-refractivity contribution in [3.05, 3.63) is 59.2 Å². The summed E-state index contributed by atoms with van der Waals surface area (Å²) >= 11 is 0. The van der Waals surface area contributed by atoms with Crippen LogP contribution in [0, 0.1) is 0 Å². The van der Waals surface area contributed by atoms with E-state index < -0.39 is 11.9 Å². The van der Waals surface area contributed by atoms with Crippen molar-refractivity contribution in [3.63, 3.8) is 0 Å². The van der Waals surface area contributed by atoms with Gasteiger partial charge in [-0.2, -0.15) is 0 Å². The summed E-state index contributed by atoms with van der Waals surface area (Å²) in [4.78, 5) is 42.1. The van der Waals surface area contributed by atoms with Gasteiger partial charge in [-0.15, -0.1) is 0 Å². The van der Waals surface area contributed by atoms with E-state index in [9.17, 15) is 14.4 Å². The fourth-order valence-electron chi connectivity index (χ4n) is 2.08. The van der Waals surface area contributed by atoms with Crippen molar-refractivity contribution in [1.82, 2.24) is 20.6 Å². The van der Waals surface area contributed by atoms with Gasteiger partial charge in [-0.05, 0) is 24.1 Å². The minimum atomic E-state index is -1.21. The van der Waals surface area contributed by atoms with Gasteiger partial charge in [0, 0.05) is 18.7 Å². The van der Waals surface area contributed by atoms with Gasteiger partial charge < -0.3 is 15.7 Å². The molecule has 8 heteroatoms. The van der Waals surface area contributed by atoms with Gasteiger partial charge in [0.1, 0.15) is 5.69 Å². The zero-order valence-corrected chi connectivity index (χ0v) is 14.4. The highest BCUT2D eigenvalue weighted by Crippen LogP contribution is 2.05. The van der Waals surface area contributed by atoms with E-state index in [-0.39, 0.29) is 23.8 Å². The van der Waals surface area contributed by atoms with Crippen LogP contribution >= 0.6 is 0 Å². The minimum Gasteiger partial charge on any atom is -0.476 e. The highest BCUT2D eigenvalue weighted by atomic mass is 16.4. The number of carboxylic acids is 1. The number of rotatable bonds is 8. The summed E-state index contributed by atoms with van der Waals surface area (Å²) < 4.78 is 0. The molecule has 0 aliphatic heterocycles. The number of hydrogen-bond donors (Lipinski definition) is 3. The summed E-state index contributed by atoms with van der Waals surface area (Å²) in [6.07, 6.45) is 4.10. The maximum atomic E-state index is 12.0. The first-order chi connectivity index (χ1) is 12.5. The molecule has 1 heterocycles. The second-order valence-corrected chi connectivity index (χ2v) is 5.58. The first kappa shape index (κ1) is 19.0. The maximum Gasteiger partial charge on any atom is 0.356 e. The van der Waals surface area contributed by atoms with Crippen LogP contribution in [0.3, 0.4) is 0 Å². The molecule has 0 spiro atoms. The molecule has 8 nitrogen and oxygen atoms in total. The third-order valence-corrected chi connectivity index (χ3v) is 3.59. The summed E-state index contributed by atoms with van der Waals surface area (Å²) in [7, 11) is 0. The third-order valence-electron chi connectivity index (χ3n) is 3.59. The van der Waals surface area contributed by atoms with Crippen molar-refractivity contribution in [2.45, 2.75) is 26.3 Å². The molecule has 1 aromatic carbocycles. The highest BCUT2D eigenvalue weighted by molar-refractivity contribution is 5.94. The van der Waals surface area contributed by atoms with E-state index >= 15 is 0 Å². The zero-order chi connectivity index (χ0) is 18.9. The van der Waals surface area contributed by atoms with Crippen LogP contribution < -0.4 is 10.6 Å². The summed E-state index contributed by atoms with van der Waals surface area (Å²) in [6.45, 7) is 2.95. The van der Waals surface area contributed by atoms with Gasteiger partial charge in [0.15, 0.2) is 5.69 Å². The van der Waals surface area contributed by atoms with E-state index in [2.05, 4.69) is 27.5 Å². The Balaban J connectivity index is 1.87. The number of nitrogens with zero attached hydrogens (tertiary/aromatic N) is 2. The number of unbranched alkanes of at least 4 members (excludes halogenated alkanes) is 1. The van der Waals surface area contributed by atoms with E-state index in [1.807, 2.05) is 0 Å². The van der Waals surface area contributed by atoms with Crippen LogP contribution in [0.5, 0.6) is 0 Å². The van der Waals surface area contributed by atoms with Gasteiger partial charge in [-0.1, -0.05) is 25.5 Å². The van der Waals surface area contributed by atoms with Gasteiger partial charge in [0.05, 0.1) is 12.4 Å². The van der Waals surface area contributed by atoms with E-state index in [0.717, 1.165) is 30.8 Å². The molecule has 0 aliphatic rings. The largest absolute Gasteiger partial charge is 0.476 e. The molecule has 3 N–H and O–H groups in total. The smallest absolute Gasteiger partial charge is 0.356 e. The predicted octanol–water partition coefficient (Wildman–Crippen LogP) is 1.63. The lowest BCUT2D eigenvalue weighted by atomic mass is 10.1. The monoisotopic (exact) mass is 356 g/mol. The summed E-state index contributed by atoms with van der Waals surface area (Å²) in [5.41, 5.74) is 1.18. The molecular formula is C18H20N4O4. The van der Waals surface area contributed by atoms with Crippen LogP contribution in [0.25, 0.3) is 0 Å². The van der Waals surface area contributed by atoms with Crippen LogP contribution in [0.2, 0.25) is 0 Å². The van der Waals surface area contributed by atoms with Crippen molar-refractivity contribution >= 4 is 17.8 Å². The first-order valence-electron chi connectivity index (χ1n) is 8.22. The number of amides is 2. The SMILES string of the molecule is CCCCNC(=O)c1ccc(CNC(=O)c2cnc(C(=O)O)cn2)cc1. The molecule has 0 saturated carbocycles. The molecule has 26 heavy (non-hydrogen) atoms. The molecule has 0 radical (unpaired) electrons. The summed E-state index contributed by atoms with van der Waals surface area (Å²) in [5.74, 6) is -1.79. The molecule has 1 aromatic heterocycles. The second kappa shape index (κ2) is 9.26. The van der Waals surface area contributed by atoms with Crippen molar-refractivity contribution < 1.29 is 19.5 Å². The van der Waals surface area contributed by atoms with Crippen LogP contribution in [-0.4, -0.2) is 39.4 Å². The lowest BCUT2D eigenvalue weighted by Gasteiger charge is -2.07. The summed E-state index contributed by atoms with van der Waals surface area (Å²) in [5, 5.41) is 14.3. The summed E-state index contributed by atoms with van der Waals surface area (Å²) in [6, 6.07) is 6.91. The Morgan fingerprint density at radius 2 is 1.62 bits per heavy atom. The number of benzene rings is 1. The minimum absolute atomic E-state index is 0.0296. The Kier molecular flexibility index (Phi) is 6.78. The fraction of sp³-hybridized carbons (Fsp3) is 0.278. The highest BCUT2D eigenvalue weighted by Gasteiger charge is 2.11.